The Morgan fingerprint density at radius 2 is 2.06 bits per heavy atom. The van der Waals surface area contributed by atoms with E-state index >= 15 is 0 Å². The number of oxime groups is 1. The van der Waals surface area contributed by atoms with Gasteiger partial charge in [0.25, 0.3) is 0 Å². The van der Waals surface area contributed by atoms with Crippen LogP contribution in [0.1, 0.15) is 19.4 Å². The van der Waals surface area contributed by atoms with Crippen LogP contribution in [-0.4, -0.2) is 29.0 Å². The largest absolute Gasteiger partial charge is 0.409 e. The third-order valence-corrected chi connectivity index (χ3v) is 3.64. The second kappa shape index (κ2) is 7.58. The Morgan fingerprint density at radius 1 is 1.44 bits per heavy atom. The SMILES string of the molecule is CCN(Cc1ccc(I)cc1)CC(C)C(N)=NO. The molecule has 0 heterocycles. The normalized spacial score (nSPS) is 13.9. The van der Waals surface area contributed by atoms with Gasteiger partial charge in [0.2, 0.25) is 0 Å². The van der Waals surface area contributed by atoms with Crippen molar-refractivity contribution in [2.45, 2.75) is 20.4 Å². The van der Waals surface area contributed by atoms with Crippen molar-refractivity contribution in [3.63, 3.8) is 0 Å². The number of hydrogen-bond donors (Lipinski definition) is 2. The van der Waals surface area contributed by atoms with Gasteiger partial charge in [-0.15, -0.1) is 0 Å². The van der Waals surface area contributed by atoms with E-state index < -0.39 is 0 Å². The highest BCUT2D eigenvalue weighted by molar-refractivity contribution is 14.1. The van der Waals surface area contributed by atoms with Crippen LogP contribution >= 0.6 is 22.6 Å². The van der Waals surface area contributed by atoms with Gasteiger partial charge in [-0.25, -0.2) is 0 Å². The summed E-state index contributed by atoms with van der Waals surface area (Å²) in [5, 5.41) is 11.7. The zero-order chi connectivity index (χ0) is 13.5. The van der Waals surface area contributed by atoms with Crippen LogP contribution in [0.3, 0.4) is 0 Å². The van der Waals surface area contributed by atoms with Gasteiger partial charge in [-0.05, 0) is 46.8 Å². The Bertz CT molecular complexity index is 392. The fourth-order valence-corrected chi connectivity index (χ4v) is 2.09. The molecule has 0 saturated heterocycles. The molecule has 0 aliphatic heterocycles. The van der Waals surface area contributed by atoms with Crippen molar-refractivity contribution < 1.29 is 5.21 Å². The maximum Gasteiger partial charge on any atom is 0.143 e. The second-order valence-electron chi connectivity index (χ2n) is 4.38. The third-order valence-electron chi connectivity index (χ3n) is 2.92. The topological polar surface area (TPSA) is 61.8 Å². The molecular weight excluding hydrogens is 341 g/mol. The average Bonchev–Trinajstić information content (AvgIpc) is 2.39. The van der Waals surface area contributed by atoms with Gasteiger partial charge < -0.3 is 10.9 Å². The Hall–Kier alpha value is -0.820. The van der Waals surface area contributed by atoms with Crippen LogP contribution in [-0.2, 0) is 6.54 Å². The molecule has 0 radical (unpaired) electrons. The van der Waals surface area contributed by atoms with E-state index in [1.165, 1.54) is 9.13 Å². The molecular formula is C13H20IN3O. The molecule has 0 bridgehead atoms. The summed E-state index contributed by atoms with van der Waals surface area (Å²) in [6.07, 6.45) is 0. The van der Waals surface area contributed by atoms with Crippen molar-refractivity contribution >= 4 is 28.4 Å². The van der Waals surface area contributed by atoms with Crippen LogP contribution in [0.25, 0.3) is 0 Å². The van der Waals surface area contributed by atoms with E-state index in [-0.39, 0.29) is 11.8 Å². The average molecular weight is 361 g/mol. The molecule has 1 aromatic rings. The third kappa shape index (κ3) is 4.81. The van der Waals surface area contributed by atoms with Crippen molar-refractivity contribution in [1.82, 2.24) is 4.90 Å². The lowest BCUT2D eigenvalue weighted by Crippen LogP contribution is -2.34. The summed E-state index contributed by atoms with van der Waals surface area (Å²) in [7, 11) is 0. The number of halogens is 1. The summed E-state index contributed by atoms with van der Waals surface area (Å²) in [4.78, 5) is 2.28. The van der Waals surface area contributed by atoms with Gasteiger partial charge in [-0.2, -0.15) is 0 Å². The Morgan fingerprint density at radius 3 is 2.56 bits per heavy atom. The zero-order valence-electron chi connectivity index (χ0n) is 10.8. The van der Waals surface area contributed by atoms with Gasteiger partial charge in [0.05, 0.1) is 0 Å². The number of hydrogen-bond acceptors (Lipinski definition) is 3. The van der Waals surface area contributed by atoms with E-state index in [4.69, 9.17) is 10.9 Å². The van der Waals surface area contributed by atoms with Gasteiger partial charge in [0.1, 0.15) is 5.84 Å². The molecule has 0 fully saturated rings. The van der Waals surface area contributed by atoms with Crippen molar-refractivity contribution in [2.24, 2.45) is 16.8 Å². The van der Waals surface area contributed by atoms with E-state index in [9.17, 15) is 0 Å². The summed E-state index contributed by atoms with van der Waals surface area (Å²) in [6, 6.07) is 8.49. The van der Waals surface area contributed by atoms with Gasteiger partial charge >= 0.3 is 0 Å². The minimum atomic E-state index is 0.0544. The van der Waals surface area contributed by atoms with Crippen LogP contribution in [0.15, 0.2) is 29.4 Å². The predicted octanol–water partition coefficient (Wildman–Crippen LogP) is 2.50. The first kappa shape index (κ1) is 15.2. The van der Waals surface area contributed by atoms with Crippen LogP contribution in [0.4, 0.5) is 0 Å². The molecule has 0 amide bonds. The highest BCUT2D eigenvalue weighted by Crippen LogP contribution is 2.10. The summed E-state index contributed by atoms with van der Waals surface area (Å²) in [5.41, 5.74) is 6.89. The molecule has 0 aliphatic rings. The van der Waals surface area contributed by atoms with E-state index in [1.54, 1.807) is 0 Å². The number of nitrogens with zero attached hydrogens (tertiary/aromatic N) is 2. The number of benzene rings is 1. The quantitative estimate of drug-likeness (QED) is 0.269. The lowest BCUT2D eigenvalue weighted by molar-refractivity contribution is 0.257. The van der Waals surface area contributed by atoms with Gasteiger partial charge in [0.15, 0.2) is 0 Å². The van der Waals surface area contributed by atoms with Crippen LogP contribution in [0, 0.1) is 9.49 Å². The monoisotopic (exact) mass is 361 g/mol. The maximum atomic E-state index is 8.65. The van der Waals surface area contributed by atoms with E-state index in [0.717, 1.165) is 19.6 Å². The first-order chi connectivity index (χ1) is 8.56. The molecule has 5 heteroatoms. The van der Waals surface area contributed by atoms with Crippen molar-refractivity contribution in [2.75, 3.05) is 13.1 Å². The molecule has 0 spiro atoms. The lowest BCUT2D eigenvalue weighted by Gasteiger charge is -2.23. The first-order valence-corrected chi connectivity index (χ1v) is 7.08. The minimum absolute atomic E-state index is 0.0544. The predicted molar refractivity (Wildman–Crippen MR) is 82.7 cm³/mol. The van der Waals surface area contributed by atoms with Crippen molar-refractivity contribution in [1.29, 1.82) is 0 Å². The Labute approximate surface area is 122 Å². The minimum Gasteiger partial charge on any atom is -0.409 e. The van der Waals surface area contributed by atoms with Crippen LogP contribution in [0.2, 0.25) is 0 Å². The van der Waals surface area contributed by atoms with E-state index in [1.807, 2.05) is 6.92 Å². The summed E-state index contributed by atoms with van der Waals surface area (Å²) < 4.78 is 1.24. The van der Waals surface area contributed by atoms with Crippen molar-refractivity contribution in [3.05, 3.63) is 33.4 Å². The van der Waals surface area contributed by atoms with E-state index in [0.29, 0.717) is 0 Å². The molecule has 0 saturated carbocycles. The Kier molecular flexibility index (Phi) is 6.42. The van der Waals surface area contributed by atoms with Gasteiger partial charge in [-0.1, -0.05) is 31.1 Å². The van der Waals surface area contributed by atoms with Gasteiger partial charge in [-0.3, -0.25) is 4.90 Å². The molecule has 100 valence electrons. The second-order valence-corrected chi connectivity index (χ2v) is 5.63. The van der Waals surface area contributed by atoms with Crippen LogP contribution < -0.4 is 5.73 Å². The molecule has 0 aliphatic carbocycles. The highest BCUT2D eigenvalue weighted by atomic mass is 127. The van der Waals surface area contributed by atoms with Crippen LogP contribution in [0.5, 0.6) is 0 Å². The molecule has 4 nitrogen and oxygen atoms in total. The standard InChI is InChI=1S/C13H20IN3O/c1-3-17(8-10(2)13(15)16-18)9-11-4-6-12(14)7-5-11/h4-7,10,18H,3,8-9H2,1-2H3,(H2,15,16). The molecule has 1 unspecified atom stereocenters. The first-order valence-electron chi connectivity index (χ1n) is 6.01. The molecule has 1 rings (SSSR count). The number of rotatable bonds is 6. The van der Waals surface area contributed by atoms with Gasteiger partial charge in [0, 0.05) is 22.6 Å². The number of amidine groups is 1. The number of nitrogens with two attached hydrogens (primary N) is 1. The fourth-order valence-electron chi connectivity index (χ4n) is 1.73. The summed E-state index contributed by atoms with van der Waals surface area (Å²) in [6.45, 7) is 6.70. The summed E-state index contributed by atoms with van der Waals surface area (Å²) >= 11 is 2.30. The molecule has 1 aromatic carbocycles. The lowest BCUT2D eigenvalue weighted by atomic mass is 10.1. The zero-order valence-corrected chi connectivity index (χ0v) is 13.0. The fraction of sp³-hybridized carbons (Fsp3) is 0.462. The molecule has 0 aromatic heterocycles. The summed E-state index contributed by atoms with van der Waals surface area (Å²) in [5.74, 6) is 0.342. The molecule has 18 heavy (non-hydrogen) atoms. The molecule has 3 N–H and O–H groups in total. The smallest absolute Gasteiger partial charge is 0.143 e. The highest BCUT2D eigenvalue weighted by Gasteiger charge is 2.12. The maximum absolute atomic E-state index is 8.65. The van der Waals surface area contributed by atoms with E-state index in [2.05, 4.69) is 63.8 Å². The van der Waals surface area contributed by atoms with Crippen molar-refractivity contribution in [3.8, 4) is 0 Å². The molecule has 1 atom stereocenters. The Balaban J connectivity index is 2.59.